The molecular formula is C22H26ClNO2S. The number of benzene rings is 2. The highest BCUT2D eigenvalue weighted by atomic mass is 35.5. The monoisotopic (exact) mass is 403 g/mol. The summed E-state index contributed by atoms with van der Waals surface area (Å²) in [6.07, 6.45) is 7.14. The van der Waals surface area contributed by atoms with Crippen LogP contribution in [-0.2, 0) is 5.75 Å². The fraction of sp³-hybridized carbons (Fsp3) is 0.409. The smallest absolute Gasteiger partial charge is 0.251 e. The van der Waals surface area contributed by atoms with Gasteiger partial charge in [-0.05, 0) is 55.3 Å². The maximum absolute atomic E-state index is 12.7. The summed E-state index contributed by atoms with van der Waals surface area (Å²) >= 11 is 7.65. The Bertz CT molecular complexity index is 755. The molecule has 0 aliphatic heterocycles. The molecular weight excluding hydrogens is 378 g/mol. The molecule has 1 fully saturated rings. The third kappa shape index (κ3) is 5.91. The number of amides is 1. The molecule has 27 heavy (non-hydrogen) atoms. The topological polar surface area (TPSA) is 38.3 Å². The summed E-state index contributed by atoms with van der Waals surface area (Å²) in [6, 6.07) is 13.8. The first-order chi connectivity index (χ1) is 13.2. The van der Waals surface area contributed by atoms with Gasteiger partial charge in [0, 0.05) is 32.8 Å². The summed E-state index contributed by atoms with van der Waals surface area (Å²) in [7, 11) is 1.66. The number of halogens is 1. The Morgan fingerprint density at radius 3 is 2.48 bits per heavy atom. The highest BCUT2D eigenvalue weighted by Crippen LogP contribution is 2.29. The van der Waals surface area contributed by atoms with Gasteiger partial charge in [0.2, 0.25) is 0 Å². The van der Waals surface area contributed by atoms with Crippen LogP contribution in [0.5, 0.6) is 5.75 Å². The van der Waals surface area contributed by atoms with Crippen molar-refractivity contribution in [3.8, 4) is 5.75 Å². The highest BCUT2D eigenvalue weighted by molar-refractivity contribution is 7.98. The number of methoxy groups -OCH3 is 1. The van der Waals surface area contributed by atoms with Gasteiger partial charge in [-0.1, -0.05) is 37.3 Å². The van der Waals surface area contributed by atoms with E-state index in [1.165, 1.54) is 25.7 Å². The summed E-state index contributed by atoms with van der Waals surface area (Å²) in [5.41, 5.74) is 1.72. The summed E-state index contributed by atoms with van der Waals surface area (Å²) in [5.74, 6) is 1.56. The van der Waals surface area contributed by atoms with Gasteiger partial charge < -0.3 is 10.1 Å². The maximum Gasteiger partial charge on any atom is 0.251 e. The normalized spacial score (nSPS) is 15.2. The second-order valence-electron chi connectivity index (χ2n) is 6.93. The van der Waals surface area contributed by atoms with Crippen LogP contribution < -0.4 is 10.1 Å². The molecule has 144 valence electrons. The van der Waals surface area contributed by atoms with Crippen molar-refractivity contribution in [2.75, 3.05) is 7.11 Å². The van der Waals surface area contributed by atoms with Crippen LogP contribution in [0.1, 0.15) is 54.4 Å². The van der Waals surface area contributed by atoms with E-state index < -0.39 is 0 Å². The van der Waals surface area contributed by atoms with E-state index in [0.717, 1.165) is 39.8 Å². The average Bonchev–Trinajstić information content (AvgIpc) is 2.96. The summed E-state index contributed by atoms with van der Waals surface area (Å²) in [4.78, 5) is 13.8. The molecule has 1 amide bonds. The predicted molar refractivity (Wildman–Crippen MR) is 113 cm³/mol. The molecule has 2 aromatic carbocycles. The van der Waals surface area contributed by atoms with Crippen LogP contribution in [0, 0.1) is 0 Å². The molecule has 3 rings (SSSR count). The molecule has 0 spiro atoms. The summed E-state index contributed by atoms with van der Waals surface area (Å²) in [5, 5.41) is 3.95. The quantitative estimate of drug-likeness (QED) is 0.468. The van der Waals surface area contributed by atoms with Crippen molar-refractivity contribution in [2.45, 2.75) is 55.2 Å². The van der Waals surface area contributed by atoms with Gasteiger partial charge in [0.15, 0.2) is 0 Å². The van der Waals surface area contributed by atoms with E-state index in [0.29, 0.717) is 11.6 Å². The van der Waals surface area contributed by atoms with E-state index >= 15 is 0 Å². The van der Waals surface area contributed by atoms with Gasteiger partial charge in [0.25, 0.3) is 5.91 Å². The molecule has 0 unspecified atom stereocenters. The van der Waals surface area contributed by atoms with Crippen LogP contribution in [-0.4, -0.2) is 19.1 Å². The van der Waals surface area contributed by atoms with Gasteiger partial charge in [-0.2, -0.15) is 0 Å². The molecule has 0 radical (unpaired) electrons. The second-order valence-corrected chi connectivity index (χ2v) is 8.42. The first-order valence-corrected chi connectivity index (χ1v) is 10.9. The van der Waals surface area contributed by atoms with Crippen molar-refractivity contribution >= 4 is 29.3 Å². The van der Waals surface area contributed by atoms with E-state index in [9.17, 15) is 4.79 Å². The zero-order chi connectivity index (χ0) is 19.1. The number of carbonyl (C=O) groups excluding carboxylic acids is 1. The SMILES string of the molecule is COc1ccc(C(=O)NC2CCCCCC2)cc1CSc1ccc(Cl)cc1. The number of thioether (sulfide) groups is 1. The van der Waals surface area contributed by atoms with Crippen LogP contribution in [0.15, 0.2) is 47.4 Å². The fourth-order valence-corrected chi connectivity index (χ4v) is 4.42. The van der Waals surface area contributed by atoms with Crippen molar-refractivity contribution < 1.29 is 9.53 Å². The molecule has 0 bridgehead atoms. The Balaban J connectivity index is 1.68. The van der Waals surface area contributed by atoms with E-state index in [-0.39, 0.29) is 5.91 Å². The minimum atomic E-state index is 0.0160. The van der Waals surface area contributed by atoms with E-state index in [2.05, 4.69) is 5.32 Å². The van der Waals surface area contributed by atoms with Gasteiger partial charge in [0.1, 0.15) is 5.75 Å². The minimum absolute atomic E-state index is 0.0160. The lowest BCUT2D eigenvalue weighted by molar-refractivity contribution is 0.0933. The highest BCUT2D eigenvalue weighted by Gasteiger charge is 2.17. The summed E-state index contributed by atoms with van der Waals surface area (Å²) < 4.78 is 5.49. The largest absolute Gasteiger partial charge is 0.496 e. The summed E-state index contributed by atoms with van der Waals surface area (Å²) in [6.45, 7) is 0. The molecule has 1 aliphatic carbocycles. The lowest BCUT2D eigenvalue weighted by Crippen LogP contribution is -2.34. The van der Waals surface area contributed by atoms with Gasteiger partial charge >= 0.3 is 0 Å². The average molecular weight is 404 g/mol. The zero-order valence-corrected chi connectivity index (χ0v) is 17.2. The first-order valence-electron chi connectivity index (χ1n) is 9.52. The zero-order valence-electron chi connectivity index (χ0n) is 15.7. The van der Waals surface area contributed by atoms with Crippen LogP contribution in [0.4, 0.5) is 0 Å². The Morgan fingerprint density at radius 1 is 1.11 bits per heavy atom. The predicted octanol–water partition coefficient (Wildman–Crippen LogP) is 6.09. The molecule has 0 aromatic heterocycles. The molecule has 5 heteroatoms. The molecule has 0 atom stereocenters. The van der Waals surface area contributed by atoms with Crippen molar-refractivity contribution in [3.63, 3.8) is 0 Å². The maximum atomic E-state index is 12.7. The minimum Gasteiger partial charge on any atom is -0.496 e. The van der Waals surface area contributed by atoms with Crippen molar-refractivity contribution in [3.05, 3.63) is 58.6 Å². The van der Waals surface area contributed by atoms with Crippen LogP contribution in [0.2, 0.25) is 5.02 Å². The van der Waals surface area contributed by atoms with Gasteiger partial charge in [-0.15, -0.1) is 11.8 Å². The van der Waals surface area contributed by atoms with Crippen molar-refractivity contribution in [2.24, 2.45) is 0 Å². The Hall–Kier alpha value is -1.65. The lowest BCUT2D eigenvalue weighted by atomic mass is 10.1. The number of nitrogens with one attached hydrogen (secondary N) is 1. The van der Waals surface area contributed by atoms with Crippen molar-refractivity contribution in [1.29, 1.82) is 0 Å². The molecule has 0 saturated heterocycles. The standard InChI is InChI=1S/C22H26ClNO2S/c1-26-21-13-8-16(22(25)24-19-6-4-2-3-5-7-19)14-17(21)15-27-20-11-9-18(23)10-12-20/h8-14,19H,2-7,15H2,1H3,(H,24,25). The molecule has 1 saturated carbocycles. The first kappa shape index (κ1) is 20.1. The Labute approximate surface area is 170 Å². The third-order valence-electron chi connectivity index (χ3n) is 4.94. The van der Waals surface area contributed by atoms with Crippen LogP contribution in [0.25, 0.3) is 0 Å². The Kier molecular flexibility index (Phi) is 7.48. The number of ether oxygens (including phenoxy) is 1. The third-order valence-corrected chi connectivity index (χ3v) is 6.25. The van der Waals surface area contributed by atoms with E-state index in [1.54, 1.807) is 18.9 Å². The lowest BCUT2D eigenvalue weighted by Gasteiger charge is -2.17. The van der Waals surface area contributed by atoms with Crippen molar-refractivity contribution in [1.82, 2.24) is 5.32 Å². The fourth-order valence-electron chi connectivity index (χ4n) is 3.42. The molecule has 0 heterocycles. The number of rotatable bonds is 6. The van der Waals surface area contributed by atoms with Gasteiger partial charge in [-0.25, -0.2) is 0 Å². The molecule has 1 N–H and O–H groups in total. The Morgan fingerprint density at radius 2 is 1.81 bits per heavy atom. The second kappa shape index (κ2) is 10.0. The van der Waals surface area contributed by atoms with E-state index in [1.807, 2.05) is 42.5 Å². The van der Waals surface area contributed by atoms with Gasteiger partial charge in [0.05, 0.1) is 7.11 Å². The molecule has 2 aromatic rings. The number of hydrogen-bond donors (Lipinski definition) is 1. The number of carbonyl (C=O) groups is 1. The van der Waals surface area contributed by atoms with E-state index in [4.69, 9.17) is 16.3 Å². The van der Waals surface area contributed by atoms with Crippen LogP contribution >= 0.6 is 23.4 Å². The molecule has 3 nitrogen and oxygen atoms in total. The molecule has 1 aliphatic rings. The van der Waals surface area contributed by atoms with Crippen LogP contribution in [0.3, 0.4) is 0 Å². The number of hydrogen-bond acceptors (Lipinski definition) is 3. The van der Waals surface area contributed by atoms with Gasteiger partial charge in [-0.3, -0.25) is 4.79 Å².